The zero-order chi connectivity index (χ0) is 12.2. The first-order valence-electron chi connectivity index (χ1n) is 5.07. The molecule has 0 aliphatic heterocycles. The molecule has 5 nitrogen and oxygen atoms in total. The summed E-state index contributed by atoms with van der Waals surface area (Å²) < 4.78 is 4.86. The fourth-order valence-corrected chi connectivity index (χ4v) is 1.18. The molecule has 0 radical (unpaired) electrons. The summed E-state index contributed by atoms with van der Waals surface area (Å²) in [4.78, 5) is 19.5. The Kier molecular flexibility index (Phi) is 3.82. The molecular weight excluding hydrogens is 206 g/mol. The molecule has 1 N–H and O–H groups in total. The van der Waals surface area contributed by atoms with Gasteiger partial charge in [0.25, 0.3) is 0 Å². The van der Waals surface area contributed by atoms with Gasteiger partial charge in [0.15, 0.2) is 0 Å². The molecule has 1 rings (SSSR count). The Labute approximate surface area is 95.3 Å². The maximum Gasteiger partial charge on any atom is 0.318 e. The molecule has 0 saturated carbocycles. The van der Waals surface area contributed by atoms with Crippen LogP contribution in [0.5, 0.6) is 6.01 Å². The predicted molar refractivity (Wildman–Crippen MR) is 61.3 cm³/mol. The van der Waals surface area contributed by atoms with Gasteiger partial charge in [-0.3, -0.25) is 4.79 Å². The van der Waals surface area contributed by atoms with Gasteiger partial charge < -0.3 is 10.1 Å². The van der Waals surface area contributed by atoms with Crippen LogP contribution in [0.15, 0.2) is 12.3 Å². The molecule has 0 fully saturated rings. The molecule has 1 aromatic rings. The van der Waals surface area contributed by atoms with Gasteiger partial charge in [-0.2, -0.15) is 4.98 Å². The van der Waals surface area contributed by atoms with Crippen LogP contribution in [-0.2, 0) is 4.79 Å². The molecule has 0 bridgehead atoms. The first-order valence-corrected chi connectivity index (χ1v) is 5.07. The number of aromatic nitrogens is 2. The number of carbonyl (C=O) groups excluding carboxylic acids is 1. The first kappa shape index (κ1) is 12.4. The van der Waals surface area contributed by atoms with Crippen LogP contribution in [0.3, 0.4) is 0 Å². The van der Waals surface area contributed by atoms with Gasteiger partial charge in [-0.1, -0.05) is 20.8 Å². The Morgan fingerprint density at radius 3 is 2.75 bits per heavy atom. The van der Waals surface area contributed by atoms with Gasteiger partial charge >= 0.3 is 6.01 Å². The van der Waals surface area contributed by atoms with Gasteiger partial charge in [-0.25, -0.2) is 4.98 Å². The number of methoxy groups -OCH3 is 1. The van der Waals surface area contributed by atoms with E-state index in [1.54, 1.807) is 12.3 Å². The summed E-state index contributed by atoms with van der Waals surface area (Å²) in [7, 11) is 1.48. The van der Waals surface area contributed by atoms with E-state index in [9.17, 15) is 4.79 Å². The zero-order valence-electron chi connectivity index (χ0n) is 10.1. The van der Waals surface area contributed by atoms with Crippen molar-refractivity contribution in [2.24, 2.45) is 5.41 Å². The third kappa shape index (κ3) is 4.25. The van der Waals surface area contributed by atoms with Crippen LogP contribution in [0.2, 0.25) is 0 Å². The number of carbonyl (C=O) groups is 1. The number of rotatable bonds is 3. The SMILES string of the molecule is COc1nccc(NC(=O)CC(C)(C)C)n1. The zero-order valence-corrected chi connectivity index (χ0v) is 10.1. The number of anilines is 1. The molecule has 0 aliphatic rings. The minimum atomic E-state index is -0.0618. The van der Waals surface area contributed by atoms with Crippen molar-refractivity contribution in [2.45, 2.75) is 27.2 Å². The number of nitrogens with zero attached hydrogens (tertiary/aromatic N) is 2. The molecule has 16 heavy (non-hydrogen) atoms. The standard InChI is InChI=1S/C11H17N3O2/c1-11(2,3)7-9(15)13-8-5-6-12-10(14-8)16-4/h5-6H,7H2,1-4H3,(H,12,13,14,15). The number of hydrogen-bond acceptors (Lipinski definition) is 4. The highest BCUT2D eigenvalue weighted by Crippen LogP contribution is 2.19. The lowest BCUT2D eigenvalue weighted by atomic mass is 9.92. The maximum atomic E-state index is 11.6. The van der Waals surface area contributed by atoms with Gasteiger partial charge in [0.1, 0.15) is 5.82 Å². The average Bonchev–Trinajstić information content (AvgIpc) is 2.15. The van der Waals surface area contributed by atoms with Crippen molar-refractivity contribution in [3.8, 4) is 6.01 Å². The number of hydrogen-bond donors (Lipinski definition) is 1. The molecular formula is C11H17N3O2. The first-order chi connectivity index (χ1) is 7.40. The Balaban J connectivity index is 2.62. The minimum Gasteiger partial charge on any atom is -0.467 e. The summed E-state index contributed by atoms with van der Waals surface area (Å²) in [6.07, 6.45) is 1.98. The van der Waals surface area contributed by atoms with E-state index in [2.05, 4.69) is 15.3 Å². The number of ether oxygens (including phenoxy) is 1. The van der Waals surface area contributed by atoms with Gasteiger partial charge in [0, 0.05) is 12.6 Å². The normalized spacial score (nSPS) is 11.0. The Morgan fingerprint density at radius 2 is 2.19 bits per heavy atom. The van der Waals surface area contributed by atoms with E-state index in [0.29, 0.717) is 12.2 Å². The van der Waals surface area contributed by atoms with Crippen molar-refractivity contribution in [3.05, 3.63) is 12.3 Å². The highest BCUT2D eigenvalue weighted by molar-refractivity contribution is 5.90. The molecule has 1 heterocycles. The smallest absolute Gasteiger partial charge is 0.318 e. The number of nitrogens with one attached hydrogen (secondary N) is 1. The molecule has 0 unspecified atom stereocenters. The van der Waals surface area contributed by atoms with Crippen LogP contribution in [0.1, 0.15) is 27.2 Å². The maximum absolute atomic E-state index is 11.6. The van der Waals surface area contributed by atoms with Crippen molar-refractivity contribution in [1.29, 1.82) is 0 Å². The van der Waals surface area contributed by atoms with Gasteiger partial charge in [-0.15, -0.1) is 0 Å². The van der Waals surface area contributed by atoms with E-state index < -0.39 is 0 Å². The van der Waals surface area contributed by atoms with Crippen molar-refractivity contribution >= 4 is 11.7 Å². The Hall–Kier alpha value is -1.65. The third-order valence-electron chi connectivity index (χ3n) is 1.77. The van der Waals surface area contributed by atoms with Gasteiger partial charge in [-0.05, 0) is 11.5 Å². The summed E-state index contributed by atoms with van der Waals surface area (Å²) in [6, 6.07) is 1.87. The van der Waals surface area contributed by atoms with Crippen molar-refractivity contribution < 1.29 is 9.53 Å². The van der Waals surface area contributed by atoms with Crippen molar-refractivity contribution in [1.82, 2.24) is 9.97 Å². The second-order valence-electron chi connectivity index (χ2n) is 4.71. The molecule has 1 amide bonds. The minimum absolute atomic E-state index is 0.0405. The lowest BCUT2D eigenvalue weighted by Gasteiger charge is -2.16. The summed E-state index contributed by atoms with van der Waals surface area (Å²) in [5.74, 6) is 0.398. The Morgan fingerprint density at radius 1 is 1.50 bits per heavy atom. The molecule has 0 atom stereocenters. The molecule has 1 aromatic heterocycles. The van der Waals surface area contributed by atoms with E-state index in [0.717, 1.165) is 0 Å². The lowest BCUT2D eigenvalue weighted by molar-refractivity contribution is -0.117. The quantitative estimate of drug-likeness (QED) is 0.849. The monoisotopic (exact) mass is 223 g/mol. The highest BCUT2D eigenvalue weighted by Gasteiger charge is 2.16. The van der Waals surface area contributed by atoms with E-state index in [4.69, 9.17) is 4.74 Å². The summed E-state index contributed by atoms with van der Waals surface area (Å²) >= 11 is 0. The second kappa shape index (κ2) is 4.92. The topological polar surface area (TPSA) is 64.1 Å². The van der Waals surface area contributed by atoms with Gasteiger partial charge in [0.2, 0.25) is 5.91 Å². The van der Waals surface area contributed by atoms with E-state index in [1.165, 1.54) is 7.11 Å². The third-order valence-corrected chi connectivity index (χ3v) is 1.77. The fraction of sp³-hybridized carbons (Fsp3) is 0.545. The van der Waals surface area contributed by atoms with Crippen LogP contribution in [0.25, 0.3) is 0 Å². The molecule has 0 aromatic carbocycles. The number of amides is 1. The molecule has 0 aliphatic carbocycles. The molecule has 5 heteroatoms. The fourth-order valence-electron chi connectivity index (χ4n) is 1.18. The van der Waals surface area contributed by atoms with Crippen LogP contribution < -0.4 is 10.1 Å². The van der Waals surface area contributed by atoms with Crippen LogP contribution >= 0.6 is 0 Å². The van der Waals surface area contributed by atoms with Crippen molar-refractivity contribution in [2.75, 3.05) is 12.4 Å². The summed E-state index contributed by atoms with van der Waals surface area (Å²) in [5, 5.41) is 2.70. The van der Waals surface area contributed by atoms with E-state index >= 15 is 0 Å². The van der Waals surface area contributed by atoms with Crippen molar-refractivity contribution in [3.63, 3.8) is 0 Å². The second-order valence-corrected chi connectivity index (χ2v) is 4.71. The summed E-state index contributed by atoms with van der Waals surface area (Å²) in [5.41, 5.74) is -0.0405. The predicted octanol–water partition coefficient (Wildman–Crippen LogP) is 1.86. The largest absolute Gasteiger partial charge is 0.467 e. The molecule has 88 valence electrons. The average molecular weight is 223 g/mol. The van der Waals surface area contributed by atoms with Crippen LogP contribution in [0, 0.1) is 5.41 Å². The molecule has 0 spiro atoms. The Bertz CT molecular complexity index is 372. The van der Waals surface area contributed by atoms with E-state index in [1.807, 2.05) is 20.8 Å². The summed E-state index contributed by atoms with van der Waals surface area (Å²) in [6.45, 7) is 6.02. The van der Waals surface area contributed by atoms with Crippen LogP contribution in [0.4, 0.5) is 5.82 Å². The highest BCUT2D eigenvalue weighted by atomic mass is 16.5. The van der Waals surface area contributed by atoms with Crippen LogP contribution in [-0.4, -0.2) is 23.0 Å². The lowest BCUT2D eigenvalue weighted by Crippen LogP contribution is -2.20. The molecule has 0 saturated heterocycles. The van der Waals surface area contributed by atoms with Gasteiger partial charge in [0.05, 0.1) is 7.11 Å². The van der Waals surface area contributed by atoms with E-state index in [-0.39, 0.29) is 17.3 Å².